The number of hydrogen-bond donors (Lipinski definition) is 1. The Kier molecular flexibility index (Phi) is 4.77. The third-order valence-corrected chi connectivity index (χ3v) is 5.24. The average Bonchev–Trinajstić information content (AvgIpc) is 2.63. The van der Waals surface area contributed by atoms with E-state index in [1.54, 1.807) is 24.4 Å². The molecule has 0 atom stereocenters. The fraction of sp³-hybridized carbons (Fsp3) is 0.0952. The second-order valence-corrected chi connectivity index (χ2v) is 7.37. The first kappa shape index (κ1) is 18.4. The highest BCUT2D eigenvalue weighted by Gasteiger charge is 2.09. The van der Waals surface area contributed by atoms with Crippen LogP contribution in [-0.2, 0) is 6.42 Å². The summed E-state index contributed by atoms with van der Waals surface area (Å²) in [5.74, 6) is -0.785. The molecule has 0 unspecified atom stereocenters. The van der Waals surface area contributed by atoms with Crippen LogP contribution < -0.4 is 5.56 Å². The van der Waals surface area contributed by atoms with E-state index in [0.717, 1.165) is 21.7 Å². The van der Waals surface area contributed by atoms with Gasteiger partial charge < -0.3 is 4.98 Å². The highest BCUT2D eigenvalue weighted by atomic mass is 79.9. The molecule has 0 aliphatic carbocycles. The first-order chi connectivity index (χ1) is 13.4. The lowest BCUT2D eigenvalue weighted by Crippen LogP contribution is -2.12. The third-order valence-electron chi connectivity index (χ3n) is 4.39. The molecule has 0 spiro atoms. The third kappa shape index (κ3) is 3.71. The topological polar surface area (TPSA) is 58.6 Å². The first-order valence-electron chi connectivity index (χ1n) is 8.49. The Balaban J connectivity index is 1.64. The number of aromatic amines is 1. The summed E-state index contributed by atoms with van der Waals surface area (Å²) in [6.45, 7) is 1.93. The first-order valence-corrected chi connectivity index (χ1v) is 9.29. The monoisotopic (exact) mass is 441 g/mol. The quantitative estimate of drug-likeness (QED) is 0.490. The van der Waals surface area contributed by atoms with E-state index < -0.39 is 11.6 Å². The summed E-state index contributed by atoms with van der Waals surface area (Å²) < 4.78 is 27.6. The molecule has 0 bridgehead atoms. The Morgan fingerprint density at radius 2 is 1.82 bits per heavy atom. The Morgan fingerprint density at radius 1 is 1.07 bits per heavy atom. The van der Waals surface area contributed by atoms with Crippen molar-refractivity contribution in [2.45, 2.75) is 13.3 Å². The Hall–Kier alpha value is -2.93. The molecule has 0 saturated carbocycles. The van der Waals surface area contributed by atoms with Gasteiger partial charge in [-0.1, -0.05) is 22.0 Å². The number of rotatable bonds is 3. The molecule has 4 aromatic rings. The molecule has 0 aliphatic rings. The average molecular weight is 442 g/mol. The lowest BCUT2D eigenvalue weighted by Gasteiger charge is -2.06. The molecular formula is C21H14BrF2N3O. The minimum absolute atomic E-state index is 0.208. The molecule has 4 rings (SSSR count). The summed E-state index contributed by atoms with van der Waals surface area (Å²) in [4.78, 5) is 24.0. The van der Waals surface area contributed by atoms with Crippen LogP contribution in [0.15, 0.2) is 57.9 Å². The van der Waals surface area contributed by atoms with E-state index in [-0.39, 0.29) is 5.56 Å². The molecular weight excluding hydrogens is 428 g/mol. The summed E-state index contributed by atoms with van der Waals surface area (Å²) in [7, 11) is 0. The number of hydrogen-bond acceptors (Lipinski definition) is 3. The van der Waals surface area contributed by atoms with Crippen LogP contribution in [0.5, 0.6) is 0 Å². The van der Waals surface area contributed by atoms with Crippen molar-refractivity contribution >= 4 is 26.8 Å². The van der Waals surface area contributed by atoms with E-state index in [2.05, 4.69) is 30.9 Å². The second kappa shape index (κ2) is 7.24. The molecule has 4 nitrogen and oxygen atoms in total. The van der Waals surface area contributed by atoms with Gasteiger partial charge in [0.2, 0.25) is 0 Å². The number of aryl methyl sites for hydroxylation is 1. The largest absolute Gasteiger partial charge is 0.310 e. The molecule has 7 heteroatoms. The van der Waals surface area contributed by atoms with Gasteiger partial charge in [-0.15, -0.1) is 0 Å². The molecule has 28 heavy (non-hydrogen) atoms. The van der Waals surface area contributed by atoms with Crippen molar-refractivity contribution in [2.24, 2.45) is 0 Å². The maximum Gasteiger partial charge on any atom is 0.258 e. The highest BCUT2D eigenvalue weighted by molar-refractivity contribution is 9.10. The van der Waals surface area contributed by atoms with E-state index in [0.29, 0.717) is 34.4 Å². The van der Waals surface area contributed by atoms with Gasteiger partial charge in [0.25, 0.3) is 5.56 Å². The maximum absolute atomic E-state index is 13.4. The van der Waals surface area contributed by atoms with Gasteiger partial charge in [-0.2, -0.15) is 0 Å². The number of benzene rings is 2. The number of H-pyrrole nitrogens is 1. The molecule has 2 heterocycles. The fourth-order valence-electron chi connectivity index (χ4n) is 2.99. The van der Waals surface area contributed by atoms with Crippen LogP contribution in [0.25, 0.3) is 22.2 Å². The number of aromatic nitrogens is 3. The van der Waals surface area contributed by atoms with Crippen molar-refractivity contribution in [3.8, 4) is 11.3 Å². The molecule has 0 radical (unpaired) electrons. The van der Waals surface area contributed by atoms with Gasteiger partial charge >= 0.3 is 0 Å². The standard InChI is InChI=1S/C21H14BrF2N3O/c1-11-4-19-16(9-17(11)22)21(28)27-20(26-19)5-12-2-3-18(25-10-12)13-6-14(23)8-15(24)7-13/h2-4,6-10H,5H2,1H3,(H,26,27,28). The van der Waals surface area contributed by atoms with Gasteiger partial charge in [-0.25, -0.2) is 13.8 Å². The van der Waals surface area contributed by atoms with Crippen molar-refractivity contribution in [1.82, 2.24) is 15.0 Å². The predicted octanol–water partition coefficient (Wildman–Crippen LogP) is 4.93. The van der Waals surface area contributed by atoms with Crippen LogP contribution in [0, 0.1) is 18.6 Å². The Labute approximate surface area is 167 Å². The van der Waals surface area contributed by atoms with Gasteiger partial charge in [0.15, 0.2) is 0 Å². The maximum atomic E-state index is 13.4. The Morgan fingerprint density at radius 3 is 2.50 bits per heavy atom. The number of pyridine rings is 1. The summed E-state index contributed by atoms with van der Waals surface area (Å²) in [5.41, 5.74) is 3.05. The molecule has 0 aliphatic heterocycles. The van der Waals surface area contributed by atoms with Gasteiger partial charge in [0.1, 0.15) is 17.5 Å². The summed E-state index contributed by atoms with van der Waals surface area (Å²) in [6, 6.07) is 10.4. The van der Waals surface area contributed by atoms with Crippen LogP contribution in [0.4, 0.5) is 8.78 Å². The number of fused-ring (bicyclic) bond motifs is 1. The molecule has 0 fully saturated rings. The van der Waals surface area contributed by atoms with E-state index in [1.807, 2.05) is 13.0 Å². The Bertz CT molecular complexity index is 1230. The van der Waals surface area contributed by atoms with E-state index in [1.165, 1.54) is 12.1 Å². The summed E-state index contributed by atoms with van der Waals surface area (Å²) >= 11 is 3.42. The molecule has 1 N–H and O–H groups in total. The van der Waals surface area contributed by atoms with E-state index in [4.69, 9.17) is 0 Å². The van der Waals surface area contributed by atoms with Crippen LogP contribution in [0.1, 0.15) is 17.0 Å². The zero-order chi connectivity index (χ0) is 19.8. The van der Waals surface area contributed by atoms with Crippen molar-refractivity contribution < 1.29 is 8.78 Å². The van der Waals surface area contributed by atoms with Gasteiger partial charge in [-0.3, -0.25) is 9.78 Å². The van der Waals surface area contributed by atoms with Crippen molar-refractivity contribution in [3.63, 3.8) is 0 Å². The number of nitrogens with one attached hydrogen (secondary N) is 1. The minimum Gasteiger partial charge on any atom is -0.310 e. The fourth-order valence-corrected chi connectivity index (χ4v) is 3.33. The van der Waals surface area contributed by atoms with Crippen molar-refractivity contribution in [1.29, 1.82) is 0 Å². The van der Waals surface area contributed by atoms with E-state index in [9.17, 15) is 13.6 Å². The van der Waals surface area contributed by atoms with Crippen LogP contribution in [0.2, 0.25) is 0 Å². The lowest BCUT2D eigenvalue weighted by atomic mass is 10.1. The SMILES string of the molecule is Cc1cc2nc(Cc3ccc(-c4cc(F)cc(F)c4)nc3)[nH]c(=O)c2cc1Br. The highest BCUT2D eigenvalue weighted by Crippen LogP contribution is 2.22. The van der Waals surface area contributed by atoms with Crippen LogP contribution >= 0.6 is 15.9 Å². The molecule has 2 aromatic heterocycles. The zero-order valence-electron chi connectivity index (χ0n) is 14.8. The summed E-state index contributed by atoms with van der Waals surface area (Å²) in [5, 5.41) is 0.517. The van der Waals surface area contributed by atoms with E-state index >= 15 is 0 Å². The molecule has 140 valence electrons. The molecule has 0 saturated heterocycles. The number of nitrogens with zero attached hydrogens (tertiary/aromatic N) is 2. The lowest BCUT2D eigenvalue weighted by molar-refractivity contribution is 0.584. The second-order valence-electron chi connectivity index (χ2n) is 6.52. The predicted molar refractivity (Wildman–Crippen MR) is 107 cm³/mol. The smallest absolute Gasteiger partial charge is 0.258 e. The molecule has 2 aromatic carbocycles. The summed E-state index contributed by atoms with van der Waals surface area (Å²) in [6.07, 6.45) is 1.99. The van der Waals surface area contributed by atoms with Gasteiger partial charge in [0.05, 0.1) is 16.6 Å². The van der Waals surface area contributed by atoms with Crippen LogP contribution in [0.3, 0.4) is 0 Å². The van der Waals surface area contributed by atoms with Crippen molar-refractivity contribution in [2.75, 3.05) is 0 Å². The van der Waals surface area contributed by atoms with Gasteiger partial charge in [-0.05, 0) is 48.4 Å². The zero-order valence-corrected chi connectivity index (χ0v) is 16.3. The normalized spacial score (nSPS) is 11.1. The van der Waals surface area contributed by atoms with Gasteiger partial charge in [0, 0.05) is 28.7 Å². The van der Waals surface area contributed by atoms with Crippen molar-refractivity contribution in [3.05, 3.63) is 92.1 Å². The van der Waals surface area contributed by atoms with Crippen LogP contribution in [-0.4, -0.2) is 15.0 Å². The molecule has 0 amide bonds. The number of halogens is 3. The minimum atomic E-state index is -0.652.